The second-order valence-electron chi connectivity index (χ2n) is 14.8. The highest BCUT2D eigenvalue weighted by molar-refractivity contribution is 5.87. The van der Waals surface area contributed by atoms with Crippen molar-refractivity contribution in [2.75, 3.05) is 10.2 Å². The third-order valence-corrected chi connectivity index (χ3v) is 11.7. The fourth-order valence-electron chi connectivity index (χ4n) is 9.07. The maximum absolute atomic E-state index is 10.4. The van der Waals surface area contributed by atoms with Gasteiger partial charge in [-0.25, -0.2) is 0 Å². The van der Waals surface area contributed by atoms with Crippen molar-refractivity contribution >= 4 is 16.9 Å². The van der Waals surface area contributed by atoms with Crippen LogP contribution in [0.2, 0.25) is 0 Å². The van der Waals surface area contributed by atoms with Gasteiger partial charge in [0, 0.05) is 52.3 Å². The van der Waals surface area contributed by atoms with Crippen molar-refractivity contribution in [3.63, 3.8) is 0 Å². The summed E-state index contributed by atoms with van der Waals surface area (Å²) < 4.78 is 0. The average molecular weight is 690 g/mol. The molecule has 4 aromatic carbocycles. The van der Waals surface area contributed by atoms with Gasteiger partial charge in [-0.2, -0.15) is 15.8 Å². The average Bonchev–Trinajstić information content (AvgIpc) is 3.31. The summed E-state index contributed by atoms with van der Waals surface area (Å²) in [7, 11) is 0. The van der Waals surface area contributed by atoms with Crippen LogP contribution in [0.5, 0.6) is 0 Å². The number of hydrogen-bond acceptors (Lipinski definition) is 5. The summed E-state index contributed by atoms with van der Waals surface area (Å²) in [4.78, 5) is 2.61. The zero-order chi connectivity index (χ0) is 36.3. The van der Waals surface area contributed by atoms with Crippen LogP contribution >= 0.6 is 0 Å². The second kappa shape index (κ2) is 14.9. The van der Waals surface area contributed by atoms with Crippen LogP contribution in [0.25, 0.3) is 27.8 Å². The number of anilines is 2. The number of nitriles is 3. The van der Waals surface area contributed by atoms with Gasteiger partial charge in [0.25, 0.3) is 0 Å². The maximum Gasteiger partial charge on any atom is 0.106 e. The van der Waals surface area contributed by atoms with E-state index in [4.69, 9.17) is 0 Å². The standard InChI is InChI=1S/C48H43N5/c1-32-10-5-6-13-39(32)41-14-7-8-16-45(41)52-48-40(24-23-37(30-50)44(48)31-51)35-21-19-34(20-22-35)36-11-9-12-38(29-36)53-46-17-4-2-3-15-42(46)43-28-33(26-27-49)18-25-47(43)53/h5-14,16,18-25,29,33,37,42,44,46,52H,2-4,15,17,26,28H2,1H3. The zero-order valence-corrected chi connectivity index (χ0v) is 30.2. The van der Waals surface area contributed by atoms with Crippen LogP contribution < -0.4 is 10.2 Å². The van der Waals surface area contributed by atoms with Crippen molar-refractivity contribution in [1.82, 2.24) is 0 Å². The summed E-state index contributed by atoms with van der Waals surface area (Å²) >= 11 is 0. The number of fused-ring (bicyclic) bond motifs is 2. The molecule has 5 nitrogen and oxygen atoms in total. The topological polar surface area (TPSA) is 86.6 Å². The summed E-state index contributed by atoms with van der Waals surface area (Å²) in [6.07, 6.45) is 16.3. The van der Waals surface area contributed by atoms with Gasteiger partial charge >= 0.3 is 0 Å². The van der Waals surface area contributed by atoms with E-state index in [-0.39, 0.29) is 0 Å². The fourth-order valence-corrected chi connectivity index (χ4v) is 9.07. The van der Waals surface area contributed by atoms with Gasteiger partial charge in [-0.15, -0.1) is 0 Å². The lowest BCUT2D eigenvalue weighted by molar-refractivity contribution is 0.454. The molecule has 0 aromatic heterocycles. The molecule has 1 heterocycles. The first-order valence-electron chi connectivity index (χ1n) is 19.0. The van der Waals surface area contributed by atoms with Gasteiger partial charge in [0.05, 0.1) is 24.1 Å². The molecule has 5 heteroatoms. The van der Waals surface area contributed by atoms with Gasteiger partial charge in [0.1, 0.15) is 5.92 Å². The van der Waals surface area contributed by atoms with Crippen molar-refractivity contribution < 1.29 is 0 Å². The molecule has 5 unspecified atom stereocenters. The van der Waals surface area contributed by atoms with Crippen LogP contribution in [-0.2, 0) is 0 Å². The largest absolute Gasteiger partial charge is 0.357 e. The van der Waals surface area contributed by atoms with E-state index in [0.29, 0.717) is 24.3 Å². The Bertz CT molecular complexity index is 2290. The van der Waals surface area contributed by atoms with Gasteiger partial charge in [-0.1, -0.05) is 116 Å². The van der Waals surface area contributed by atoms with Crippen molar-refractivity contribution in [3.8, 4) is 40.5 Å². The SMILES string of the molecule is Cc1ccccc1-c1ccccc1NC1=C(c2ccc(-c3cccc(N4C5=C(CC(CC#N)C=C5)C5CCCCCC54)c3)cc2)C=CC(C#N)C1C#N. The van der Waals surface area contributed by atoms with Gasteiger partial charge in [-0.3, -0.25) is 0 Å². The summed E-state index contributed by atoms with van der Waals surface area (Å²) in [6, 6.07) is 41.7. The quantitative estimate of drug-likeness (QED) is 0.209. The first-order valence-corrected chi connectivity index (χ1v) is 19.0. The van der Waals surface area contributed by atoms with E-state index in [0.717, 1.165) is 51.2 Å². The van der Waals surface area contributed by atoms with Crippen LogP contribution in [0.3, 0.4) is 0 Å². The predicted molar refractivity (Wildman–Crippen MR) is 214 cm³/mol. The molecule has 0 bridgehead atoms. The Morgan fingerprint density at radius 1 is 0.736 bits per heavy atom. The lowest BCUT2D eigenvalue weighted by atomic mass is 9.82. The molecule has 4 aliphatic rings. The van der Waals surface area contributed by atoms with E-state index in [2.05, 4.69) is 114 Å². The molecule has 3 aliphatic carbocycles. The van der Waals surface area contributed by atoms with E-state index in [1.54, 1.807) is 5.57 Å². The molecular formula is C48H43N5. The number of hydrogen-bond donors (Lipinski definition) is 1. The van der Waals surface area contributed by atoms with Crippen molar-refractivity contribution in [2.45, 2.75) is 57.9 Å². The van der Waals surface area contributed by atoms with Crippen molar-refractivity contribution in [1.29, 1.82) is 15.8 Å². The molecule has 1 fully saturated rings. The third kappa shape index (κ3) is 6.48. The number of para-hydroxylation sites is 1. The molecule has 260 valence electrons. The first kappa shape index (κ1) is 34.0. The smallest absolute Gasteiger partial charge is 0.106 e. The molecule has 0 saturated heterocycles. The summed E-state index contributed by atoms with van der Waals surface area (Å²) in [6.45, 7) is 2.11. The molecule has 5 atom stereocenters. The van der Waals surface area contributed by atoms with E-state index in [1.165, 1.54) is 49.1 Å². The summed E-state index contributed by atoms with van der Waals surface area (Å²) in [5, 5.41) is 33.5. The molecule has 0 spiro atoms. The Balaban J connectivity index is 1.13. The van der Waals surface area contributed by atoms with Crippen LogP contribution in [-0.4, -0.2) is 6.04 Å². The van der Waals surface area contributed by atoms with Crippen molar-refractivity contribution in [3.05, 3.63) is 149 Å². The number of benzene rings is 4. The highest BCUT2D eigenvalue weighted by Gasteiger charge is 2.42. The molecular weight excluding hydrogens is 647 g/mol. The Morgan fingerprint density at radius 2 is 1.51 bits per heavy atom. The Hall–Kier alpha value is -6.09. The Morgan fingerprint density at radius 3 is 2.30 bits per heavy atom. The highest BCUT2D eigenvalue weighted by atomic mass is 15.2. The van der Waals surface area contributed by atoms with Crippen molar-refractivity contribution in [2.24, 2.45) is 23.7 Å². The van der Waals surface area contributed by atoms with Crippen LogP contribution in [0.15, 0.2) is 138 Å². The van der Waals surface area contributed by atoms with Gasteiger partial charge in [-0.05, 0) is 89.8 Å². The van der Waals surface area contributed by atoms with Gasteiger partial charge < -0.3 is 10.2 Å². The van der Waals surface area contributed by atoms with Crippen LogP contribution in [0.4, 0.5) is 11.4 Å². The minimum atomic E-state index is -0.641. The molecule has 1 aliphatic heterocycles. The number of nitrogens with one attached hydrogen (secondary N) is 1. The second-order valence-corrected chi connectivity index (χ2v) is 14.8. The number of allylic oxidation sites excluding steroid dienone is 6. The summed E-state index contributed by atoms with van der Waals surface area (Å²) in [5.41, 5.74) is 13.3. The highest BCUT2D eigenvalue weighted by Crippen LogP contribution is 2.49. The van der Waals surface area contributed by atoms with E-state index in [9.17, 15) is 15.8 Å². The number of rotatable bonds is 7. The van der Waals surface area contributed by atoms with Gasteiger partial charge in [0.15, 0.2) is 0 Å². The maximum atomic E-state index is 10.4. The lowest BCUT2D eigenvalue weighted by Crippen LogP contribution is -2.33. The predicted octanol–water partition coefficient (Wildman–Crippen LogP) is 11.5. The molecule has 4 aromatic rings. The lowest BCUT2D eigenvalue weighted by Gasteiger charge is -2.31. The zero-order valence-electron chi connectivity index (χ0n) is 30.2. The minimum absolute atomic E-state index is 0.314. The molecule has 8 rings (SSSR count). The Labute approximate surface area is 313 Å². The molecule has 1 saturated carbocycles. The third-order valence-electron chi connectivity index (χ3n) is 11.7. The minimum Gasteiger partial charge on any atom is -0.357 e. The Kier molecular flexibility index (Phi) is 9.55. The monoisotopic (exact) mass is 689 g/mol. The van der Waals surface area contributed by atoms with E-state index >= 15 is 0 Å². The van der Waals surface area contributed by atoms with Gasteiger partial charge in [0.2, 0.25) is 0 Å². The molecule has 1 N–H and O–H groups in total. The number of aryl methyl sites for hydroxylation is 1. The van der Waals surface area contributed by atoms with Crippen LogP contribution in [0, 0.1) is 64.6 Å². The van der Waals surface area contributed by atoms with Crippen LogP contribution in [0.1, 0.15) is 56.1 Å². The molecule has 53 heavy (non-hydrogen) atoms. The first-order chi connectivity index (χ1) is 26.1. The summed E-state index contributed by atoms with van der Waals surface area (Å²) in [5.74, 6) is -0.320. The normalized spacial score (nSPS) is 23.4. The van der Waals surface area contributed by atoms with E-state index < -0.39 is 11.8 Å². The number of nitrogens with zero attached hydrogens (tertiary/aromatic N) is 4. The molecule has 0 amide bonds. The molecule has 0 radical (unpaired) electrons. The van der Waals surface area contributed by atoms with E-state index in [1.807, 2.05) is 42.5 Å². The fraction of sp³-hybridized carbons (Fsp3) is 0.271.